The summed E-state index contributed by atoms with van der Waals surface area (Å²) in [5, 5.41) is 3.51. The van der Waals surface area contributed by atoms with E-state index in [0.29, 0.717) is 5.92 Å². The van der Waals surface area contributed by atoms with Gasteiger partial charge in [-0.15, -0.1) is 0 Å². The number of rotatable bonds is 6. The molecule has 1 heterocycles. The van der Waals surface area contributed by atoms with Crippen LogP contribution in [0.5, 0.6) is 0 Å². The summed E-state index contributed by atoms with van der Waals surface area (Å²) in [6.45, 7) is 11.2. The number of anilines is 1. The van der Waals surface area contributed by atoms with Crippen LogP contribution in [0.4, 0.5) is 5.69 Å². The Morgan fingerprint density at radius 1 is 1.38 bits per heavy atom. The van der Waals surface area contributed by atoms with Crippen molar-refractivity contribution in [1.82, 2.24) is 5.32 Å². The molecule has 2 nitrogen and oxygen atoms in total. The van der Waals surface area contributed by atoms with Gasteiger partial charge in [-0.3, -0.25) is 0 Å². The Labute approximate surface area is 138 Å². The smallest absolute Gasteiger partial charge is 0.0510 e. The molecule has 1 aliphatic rings. The minimum atomic E-state index is 0.701. The molecule has 0 aliphatic carbocycles. The zero-order chi connectivity index (χ0) is 15.2. The van der Waals surface area contributed by atoms with Crippen LogP contribution in [0.15, 0.2) is 22.7 Å². The Kier molecular flexibility index (Phi) is 6.56. The first-order chi connectivity index (χ1) is 10.1. The van der Waals surface area contributed by atoms with Crippen molar-refractivity contribution in [3.05, 3.63) is 28.2 Å². The first-order valence-corrected chi connectivity index (χ1v) is 9.13. The first-order valence-electron chi connectivity index (χ1n) is 8.34. The van der Waals surface area contributed by atoms with E-state index in [0.717, 1.165) is 19.0 Å². The predicted molar refractivity (Wildman–Crippen MR) is 95.9 cm³/mol. The number of piperidine rings is 1. The summed E-state index contributed by atoms with van der Waals surface area (Å²) in [4.78, 5) is 2.55. The molecule has 0 bridgehead atoms. The van der Waals surface area contributed by atoms with Crippen molar-refractivity contribution >= 4 is 21.6 Å². The summed E-state index contributed by atoms with van der Waals surface area (Å²) in [5.41, 5.74) is 2.72. The molecular weight excluding hydrogens is 324 g/mol. The maximum atomic E-state index is 3.78. The van der Waals surface area contributed by atoms with Crippen LogP contribution in [0.1, 0.15) is 45.6 Å². The zero-order valence-corrected chi connectivity index (χ0v) is 15.2. The van der Waals surface area contributed by atoms with Gasteiger partial charge in [-0.05, 0) is 64.8 Å². The lowest BCUT2D eigenvalue weighted by Gasteiger charge is -2.34. The molecule has 2 rings (SSSR count). The van der Waals surface area contributed by atoms with E-state index in [4.69, 9.17) is 0 Å². The molecule has 1 atom stereocenters. The van der Waals surface area contributed by atoms with Crippen LogP contribution in [0.2, 0.25) is 0 Å². The highest BCUT2D eigenvalue weighted by Gasteiger charge is 2.20. The van der Waals surface area contributed by atoms with E-state index >= 15 is 0 Å². The Bertz CT molecular complexity index is 445. The molecule has 0 spiro atoms. The molecule has 118 valence electrons. The second-order valence-electron chi connectivity index (χ2n) is 6.67. The molecule has 1 aromatic carbocycles. The number of nitrogens with zero attached hydrogens (tertiary/aromatic N) is 1. The fraction of sp³-hybridized carbons (Fsp3) is 0.667. The fourth-order valence-electron chi connectivity index (χ4n) is 3.04. The van der Waals surface area contributed by atoms with Gasteiger partial charge in [0.05, 0.1) is 5.69 Å². The lowest BCUT2D eigenvalue weighted by molar-refractivity contribution is 0.404. The summed E-state index contributed by atoms with van der Waals surface area (Å²) in [6.07, 6.45) is 4.01. The zero-order valence-electron chi connectivity index (χ0n) is 13.7. The Hall–Kier alpha value is -0.540. The molecule has 1 unspecified atom stereocenters. The third kappa shape index (κ3) is 5.00. The van der Waals surface area contributed by atoms with E-state index in [1.807, 2.05) is 0 Å². The average Bonchev–Trinajstić information content (AvgIpc) is 2.47. The number of hydrogen-bond acceptors (Lipinski definition) is 2. The van der Waals surface area contributed by atoms with Crippen LogP contribution < -0.4 is 10.2 Å². The summed E-state index contributed by atoms with van der Waals surface area (Å²) < 4.78 is 1.24. The second kappa shape index (κ2) is 8.19. The molecule has 1 aliphatic heterocycles. The average molecular weight is 353 g/mol. The normalized spacial score (nSPS) is 19.3. The van der Waals surface area contributed by atoms with Crippen LogP contribution >= 0.6 is 15.9 Å². The van der Waals surface area contributed by atoms with Crippen LogP contribution in [-0.4, -0.2) is 19.6 Å². The van der Waals surface area contributed by atoms with Gasteiger partial charge in [0.25, 0.3) is 0 Å². The Morgan fingerprint density at radius 2 is 2.19 bits per heavy atom. The molecule has 0 radical (unpaired) electrons. The number of halogens is 1. The van der Waals surface area contributed by atoms with Gasteiger partial charge in [0.2, 0.25) is 0 Å². The van der Waals surface area contributed by atoms with Crippen molar-refractivity contribution in [3.8, 4) is 0 Å². The first kappa shape index (κ1) is 16.8. The molecule has 0 saturated carbocycles. The molecule has 1 fully saturated rings. The van der Waals surface area contributed by atoms with Crippen LogP contribution in [0, 0.1) is 11.8 Å². The van der Waals surface area contributed by atoms with Crippen LogP contribution in [0.25, 0.3) is 0 Å². The molecule has 1 aromatic rings. The highest BCUT2D eigenvalue weighted by atomic mass is 79.9. The van der Waals surface area contributed by atoms with Crippen molar-refractivity contribution in [3.63, 3.8) is 0 Å². The fourth-order valence-corrected chi connectivity index (χ4v) is 3.72. The molecule has 21 heavy (non-hydrogen) atoms. The van der Waals surface area contributed by atoms with E-state index < -0.39 is 0 Å². The second-order valence-corrected chi connectivity index (χ2v) is 7.53. The number of nitrogens with one attached hydrogen (secondary N) is 1. The predicted octanol–water partition coefficient (Wildman–Crippen LogP) is 4.82. The highest BCUT2D eigenvalue weighted by molar-refractivity contribution is 9.10. The quantitative estimate of drug-likeness (QED) is 0.789. The number of hydrogen-bond donors (Lipinski definition) is 1. The molecular formula is C18H29BrN2. The van der Waals surface area contributed by atoms with Crippen LogP contribution in [0.3, 0.4) is 0 Å². The van der Waals surface area contributed by atoms with E-state index in [1.165, 1.54) is 48.1 Å². The minimum absolute atomic E-state index is 0.701. The SMILES string of the molecule is CCC1CCCN(c2ccc(CNCC(C)C)cc2Br)C1. The maximum Gasteiger partial charge on any atom is 0.0510 e. The Balaban J connectivity index is 1.98. The van der Waals surface area contributed by atoms with Gasteiger partial charge < -0.3 is 10.2 Å². The van der Waals surface area contributed by atoms with Gasteiger partial charge in [-0.1, -0.05) is 33.3 Å². The summed E-state index contributed by atoms with van der Waals surface area (Å²) >= 11 is 3.78. The minimum Gasteiger partial charge on any atom is -0.370 e. The van der Waals surface area contributed by atoms with Gasteiger partial charge in [0, 0.05) is 24.1 Å². The van der Waals surface area contributed by atoms with E-state index in [2.05, 4.69) is 65.1 Å². The summed E-state index contributed by atoms with van der Waals surface area (Å²) in [6, 6.07) is 6.83. The Morgan fingerprint density at radius 3 is 2.86 bits per heavy atom. The topological polar surface area (TPSA) is 15.3 Å². The highest BCUT2D eigenvalue weighted by Crippen LogP contribution is 2.31. The van der Waals surface area contributed by atoms with E-state index in [-0.39, 0.29) is 0 Å². The van der Waals surface area contributed by atoms with E-state index in [1.54, 1.807) is 0 Å². The van der Waals surface area contributed by atoms with E-state index in [9.17, 15) is 0 Å². The third-order valence-electron chi connectivity index (χ3n) is 4.33. The van der Waals surface area contributed by atoms with Crippen molar-refractivity contribution in [2.45, 2.75) is 46.6 Å². The largest absolute Gasteiger partial charge is 0.370 e. The summed E-state index contributed by atoms with van der Waals surface area (Å²) in [7, 11) is 0. The molecule has 0 aromatic heterocycles. The van der Waals surface area contributed by atoms with Gasteiger partial charge in [0.1, 0.15) is 0 Å². The van der Waals surface area contributed by atoms with Gasteiger partial charge in [-0.25, -0.2) is 0 Å². The van der Waals surface area contributed by atoms with Gasteiger partial charge in [-0.2, -0.15) is 0 Å². The molecule has 1 N–H and O–H groups in total. The molecule has 1 saturated heterocycles. The van der Waals surface area contributed by atoms with Crippen molar-refractivity contribution in [2.75, 3.05) is 24.5 Å². The number of benzene rings is 1. The maximum absolute atomic E-state index is 3.78. The lowest BCUT2D eigenvalue weighted by Crippen LogP contribution is -2.35. The van der Waals surface area contributed by atoms with Crippen molar-refractivity contribution < 1.29 is 0 Å². The van der Waals surface area contributed by atoms with Crippen molar-refractivity contribution in [2.24, 2.45) is 11.8 Å². The molecule has 3 heteroatoms. The summed E-state index contributed by atoms with van der Waals surface area (Å²) in [5.74, 6) is 1.56. The van der Waals surface area contributed by atoms with Gasteiger partial charge >= 0.3 is 0 Å². The standard InChI is InChI=1S/C18H29BrN2/c1-4-15-6-5-9-21(13-15)18-8-7-16(10-17(18)19)12-20-11-14(2)3/h7-8,10,14-15,20H,4-6,9,11-13H2,1-3H3. The van der Waals surface area contributed by atoms with Crippen molar-refractivity contribution in [1.29, 1.82) is 0 Å². The van der Waals surface area contributed by atoms with Gasteiger partial charge in [0.15, 0.2) is 0 Å². The lowest BCUT2D eigenvalue weighted by atomic mass is 9.95. The third-order valence-corrected chi connectivity index (χ3v) is 4.97. The molecule has 0 amide bonds. The van der Waals surface area contributed by atoms with Crippen LogP contribution in [-0.2, 0) is 6.54 Å². The monoisotopic (exact) mass is 352 g/mol.